The zero-order valence-electron chi connectivity index (χ0n) is 9.54. The van der Waals surface area contributed by atoms with Crippen LogP contribution in [0.5, 0.6) is 0 Å². The van der Waals surface area contributed by atoms with Gasteiger partial charge < -0.3 is 10.1 Å². The van der Waals surface area contributed by atoms with Crippen LogP contribution in [0.2, 0.25) is 0 Å². The van der Waals surface area contributed by atoms with Gasteiger partial charge in [-0.15, -0.1) is 11.3 Å². The number of thiophene rings is 1. The van der Waals surface area contributed by atoms with E-state index in [9.17, 15) is 0 Å². The topological polar surface area (TPSA) is 43.3 Å². The van der Waals surface area contributed by atoms with Crippen LogP contribution in [0.1, 0.15) is 5.69 Å². The number of hydrogen-bond acceptors (Lipinski definition) is 3. The zero-order valence-corrected chi connectivity index (χ0v) is 11.2. The summed E-state index contributed by atoms with van der Waals surface area (Å²) >= 11 is 6.71. The summed E-state index contributed by atoms with van der Waals surface area (Å²) in [5.41, 5.74) is 8.65. The van der Waals surface area contributed by atoms with Gasteiger partial charge in [-0.3, -0.25) is 0 Å². The summed E-state index contributed by atoms with van der Waals surface area (Å²) in [5, 5.41) is 2.05. The molecule has 0 aliphatic rings. The lowest BCUT2D eigenvalue weighted by Crippen LogP contribution is -2.13. The van der Waals surface area contributed by atoms with Crippen molar-refractivity contribution in [2.45, 2.75) is 6.42 Å². The second-order valence-electron chi connectivity index (χ2n) is 3.96. The van der Waals surface area contributed by atoms with Crippen molar-refractivity contribution in [3.8, 4) is 10.6 Å². The van der Waals surface area contributed by atoms with Crippen molar-refractivity contribution in [1.29, 1.82) is 0 Å². The third-order valence-corrected chi connectivity index (χ3v) is 3.75. The number of rotatable bonds is 3. The smallest absolute Gasteiger partial charge is 0.137 e. The molecule has 0 fully saturated rings. The van der Waals surface area contributed by atoms with Gasteiger partial charge in [-0.2, -0.15) is 0 Å². The molecule has 18 heavy (non-hydrogen) atoms. The average molecular weight is 273 g/mol. The molecule has 0 saturated carbocycles. The van der Waals surface area contributed by atoms with Crippen molar-refractivity contribution >= 4 is 34.2 Å². The molecule has 0 spiro atoms. The van der Waals surface area contributed by atoms with Crippen LogP contribution in [-0.4, -0.2) is 14.4 Å². The molecule has 3 aromatic rings. The number of aromatic nitrogens is 2. The van der Waals surface area contributed by atoms with E-state index in [2.05, 4.69) is 11.1 Å². The molecule has 0 aliphatic carbocycles. The van der Waals surface area contributed by atoms with Crippen LogP contribution in [0.25, 0.3) is 16.2 Å². The standard InChI is InChI=1S/C13H11N3S2/c14-11(17)8-9-13(10-4-3-7-18-10)15-12-5-1-2-6-16(9)12/h1-7H,8H2,(H2,14,17). The molecule has 2 N–H and O–H groups in total. The third kappa shape index (κ3) is 1.91. The Morgan fingerprint density at radius 2 is 2.22 bits per heavy atom. The van der Waals surface area contributed by atoms with E-state index in [1.165, 1.54) is 0 Å². The molecule has 0 radical (unpaired) electrons. The highest BCUT2D eigenvalue weighted by Gasteiger charge is 2.14. The summed E-state index contributed by atoms with van der Waals surface area (Å²) < 4.78 is 2.05. The quantitative estimate of drug-likeness (QED) is 0.746. The first-order chi connectivity index (χ1) is 8.75. The van der Waals surface area contributed by atoms with Crippen molar-refractivity contribution in [2.75, 3.05) is 0 Å². The van der Waals surface area contributed by atoms with Gasteiger partial charge in [0.2, 0.25) is 0 Å². The molecule has 0 atom stereocenters. The number of imidazole rings is 1. The van der Waals surface area contributed by atoms with E-state index in [0.29, 0.717) is 11.4 Å². The third-order valence-electron chi connectivity index (χ3n) is 2.73. The molecule has 3 aromatic heterocycles. The SMILES string of the molecule is NC(=S)Cc1c(-c2cccs2)nc2ccccn12. The normalized spacial score (nSPS) is 10.9. The summed E-state index contributed by atoms with van der Waals surface area (Å²) in [7, 11) is 0. The molecule has 5 heteroatoms. The van der Waals surface area contributed by atoms with Crippen LogP contribution >= 0.6 is 23.6 Å². The van der Waals surface area contributed by atoms with Crippen molar-refractivity contribution in [3.63, 3.8) is 0 Å². The van der Waals surface area contributed by atoms with Gasteiger partial charge in [0.25, 0.3) is 0 Å². The van der Waals surface area contributed by atoms with E-state index in [4.69, 9.17) is 18.0 Å². The summed E-state index contributed by atoms with van der Waals surface area (Å²) in [5.74, 6) is 0. The van der Waals surface area contributed by atoms with Crippen LogP contribution < -0.4 is 5.73 Å². The lowest BCUT2D eigenvalue weighted by atomic mass is 10.2. The monoisotopic (exact) mass is 273 g/mol. The maximum Gasteiger partial charge on any atom is 0.137 e. The highest BCUT2D eigenvalue weighted by molar-refractivity contribution is 7.80. The number of nitrogens with zero attached hydrogens (tertiary/aromatic N) is 2. The Morgan fingerprint density at radius 3 is 2.94 bits per heavy atom. The van der Waals surface area contributed by atoms with E-state index >= 15 is 0 Å². The fraction of sp³-hybridized carbons (Fsp3) is 0.0769. The predicted octanol–water partition coefficient (Wildman–Crippen LogP) is 2.89. The minimum Gasteiger partial charge on any atom is -0.393 e. The number of hydrogen-bond donors (Lipinski definition) is 1. The van der Waals surface area contributed by atoms with Crippen molar-refractivity contribution < 1.29 is 0 Å². The van der Waals surface area contributed by atoms with Gasteiger partial charge in [0.05, 0.1) is 15.6 Å². The molecule has 0 bridgehead atoms. The Kier molecular flexibility index (Phi) is 2.85. The lowest BCUT2D eigenvalue weighted by Gasteiger charge is -2.02. The number of thiocarbonyl (C=S) groups is 1. The fourth-order valence-corrected chi connectivity index (χ4v) is 2.86. The first-order valence-electron chi connectivity index (χ1n) is 5.54. The van der Waals surface area contributed by atoms with Crippen LogP contribution in [0, 0.1) is 0 Å². The van der Waals surface area contributed by atoms with E-state index < -0.39 is 0 Å². The highest BCUT2D eigenvalue weighted by atomic mass is 32.1. The van der Waals surface area contributed by atoms with Gasteiger partial charge in [0.15, 0.2) is 0 Å². The van der Waals surface area contributed by atoms with Crippen molar-refractivity contribution in [1.82, 2.24) is 9.38 Å². The van der Waals surface area contributed by atoms with Crippen LogP contribution in [0.4, 0.5) is 0 Å². The Balaban J connectivity index is 2.26. The molecule has 0 aliphatic heterocycles. The lowest BCUT2D eigenvalue weighted by molar-refractivity contribution is 1.07. The van der Waals surface area contributed by atoms with Gasteiger partial charge in [0, 0.05) is 12.6 Å². The van der Waals surface area contributed by atoms with E-state index in [1.807, 2.05) is 40.2 Å². The van der Waals surface area contributed by atoms with Gasteiger partial charge >= 0.3 is 0 Å². The first kappa shape index (κ1) is 11.4. The Bertz CT molecular complexity index is 698. The molecule has 0 unspecified atom stereocenters. The van der Waals surface area contributed by atoms with Crippen molar-refractivity contribution in [3.05, 3.63) is 47.6 Å². The molecule has 0 saturated heterocycles. The Hall–Kier alpha value is -1.72. The predicted molar refractivity (Wildman–Crippen MR) is 79.0 cm³/mol. The molecular formula is C13H11N3S2. The highest BCUT2D eigenvalue weighted by Crippen LogP contribution is 2.28. The second kappa shape index (κ2) is 4.51. The fourth-order valence-electron chi connectivity index (χ4n) is 1.99. The van der Waals surface area contributed by atoms with Crippen molar-refractivity contribution in [2.24, 2.45) is 5.73 Å². The van der Waals surface area contributed by atoms with Crippen LogP contribution in [0.3, 0.4) is 0 Å². The number of pyridine rings is 1. The van der Waals surface area contributed by atoms with Crippen LogP contribution in [0.15, 0.2) is 41.9 Å². The summed E-state index contributed by atoms with van der Waals surface area (Å²) in [6.07, 6.45) is 2.56. The molecule has 3 heterocycles. The van der Waals surface area contributed by atoms with E-state index in [0.717, 1.165) is 21.9 Å². The van der Waals surface area contributed by atoms with E-state index in [1.54, 1.807) is 11.3 Å². The minimum absolute atomic E-state index is 0.485. The molecule has 0 amide bonds. The van der Waals surface area contributed by atoms with Gasteiger partial charge in [-0.1, -0.05) is 24.4 Å². The second-order valence-corrected chi connectivity index (χ2v) is 5.43. The maximum absolute atomic E-state index is 5.69. The molecule has 90 valence electrons. The number of nitrogens with two attached hydrogens (primary N) is 1. The Morgan fingerprint density at radius 1 is 1.33 bits per heavy atom. The molecular weight excluding hydrogens is 262 g/mol. The van der Waals surface area contributed by atoms with E-state index in [-0.39, 0.29) is 0 Å². The van der Waals surface area contributed by atoms with Crippen LogP contribution in [-0.2, 0) is 6.42 Å². The van der Waals surface area contributed by atoms with Gasteiger partial charge in [-0.25, -0.2) is 4.98 Å². The summed E-state index contributed by atoms with van der Waals surface area (Å²) in [6.45, 7) is 0. The zero-order chi connectivity index (χ0) is 12.5. The van der Waals surface area contributed by atoms with Gasteiger partial charge in [0.1, 0.15) is 11.3 Å². The summed E-state index contributed by atoms with van der Waals surface area (Å²) in [4.78, 5) is 6.29. The minimum atomic E-state index is 0.485. The number of fused-ring (bicyclic) bond motifs is 1. The average Bonchev–Trinajstić information content (AvgIpc) is 2.96. The largest absolute Gasteiger partial charge is 0.393 e. The Labute approximate surface area is 114 Å². The van der Waals surface area contributed by atoms with Gasteiger partial charge in [-0.05, 0) is 23.6 Å². The maximum atomic E-state index is 5.69. The molecule has 3 rings (SSSR count). The first-order valence-corrected chi connectivity index (χ1v) is 6.82. The summed E-state index contributed by atoms with van der Waals surface area (Å²) in [6, 6.07) is 10.0. The molecule has 0 aromatic carbocycles. The molecule has 3 nitrogen and oxygen atoms in total.